The summed E-state index contributed by atoms with van der Waals surface area (Å²) in [6, 6.07) is 0. The maximum atomic E-state index is 12.2. The van der Waals surface area contributed by atoms with E-state index in [1.54, 1.807) is 13.8 Å². The van der Waals surface area contributed by atoms with Gasteiger partial charge in [-0.3, -0.25) is 14.4 Å². The third-order valence-corrected chi connectivity index (χ3v) is 2.75. The van der Waals surface area contributed by atoms with E-state index in [0.29, 0.717) is 18.7 Å². The SMILES string of the molecule is CCOC(=O)CN(CC)C(=O)C1=NN(C)C(=O)CC1. The molecule has 0 aliphatic carbocycles. The summed E-state index contributed by atoms with van der Waals surface area (Å²) in [5.74, 6) is -0.890. The molecule has 0 N–H and O–H groups in total. The summed E-state index contributed by atoms with van der Waals surface area (Å²) in [4.78, 5) is 36.2. The van der Waals surface area contributed by atoms with E-state index in [1.807, 2.05) is 0 Å². The number of carbonyl (C=O) groups excluding carboxylic acids is 3. The number of hydrazone groups is 1. The van der Waals surface area contributed by atoms with E-state index in [0.717, 1.165) is 5.01 Å². The number of hydrogen-bond acceptors (Lipinski definition) is 5. The molecule has 0 aromatic rings. The predicted molar refractivity (Wildman–Crippen MR) is 68.3 cm³/mol. The second-order valence-corrected chi connectivity index (χ2v) is 4.09. The first-order valence-corrected chi connectivity index (χ1v) is 6.28. The van der Waals surface area contributed by atoms with Gasteiger partial charge in [-0.05, 0) is 13.8 Å². The van der Waals surface area contributed by atoms with Crippen molar-refractivity contribution in [1.82, 2.24) is 9.91 Å². The summed E-state index contributed by atoms with van der Waals surface area (Å²) in [6.45, 7) is 4.05. The summed E-state index contributed by atoms with van der Waals surface area (Å²) in [5, 5.41) is 5.10. The van der Waals surface area contributed by atoms with Crippen LogP contribution in [0.5, 0.6) is 0 Å². The van der Waals surface area contributed by atoms with Gasteiger partial charge in [-0.2, -0.15) is 5.10 Å². The fourth-order valence-corrected chi connectivity index (χ4v) is 1.70. The lowest BCUT2D eigenvalue weighted by Gasteiger charge is -2.24. The molecule has 0 fully saturated rings. The quantitative estimate of drug-likeness (QED) is 0.658. The Kier molecular flexibility index (Phi) is 5.47. The van der Waals surface area contributed by atoms with Gasteiger partial charge in [-0.15, -0.1) is 0 Å². The number of carbonyl (C=O) groups is 3. The Morgan fingerprint density at radius 2 is 2.05 bits per heavy atom. The lowest BCUT2D eigenvalue weighted by atomic mass is 10.1. The largest absolute Gasteiger partial charge is 0.465 e. The molecule has 1 rings (SSSR count). The minimum Gasteiger partial charge on any atom is -0.465 e. The first-order chi connectivity index (χ1) is 8.99. The molecule has 0 aromatic heterocycles. The highest BCUT2D eigenvalue weighted by Crippen LogP contribution is 2.09. The van der Waals surface area contributed by atoms with Crippen LogP contribution in [0.1, 0.15) is 26.7 Å². The summed E-state index contributed by atoms with van der Waals surface area (Å²) in [7, 11) is 1.51. The van der Waals surface area contributed by atoms with Crippen molar-refractivity contribution in [3.05, 3.63) is 0 Å². The molecule has 1 aliphatic heterocycles. The molecule has 1 aliphatic rings. The average Bonchev–Trinajstić information content (AvgIpc) is 2.38. The Labute approximate surface area is 112 Å². The van der Waals surface area contributed by atoms with E-state index >= 15 is 0 Å². The van der Waals surface area contributed by atoms with E-state index in [-0.39, 0.29) is 31.4 Å². The van der Waals surface area contributed by atoms with Crippen LogP contribution in [0.3, 0.4) is 0 Å². The van der Waals surface area contributed by atoms with Gasteiger partial charge in [0.1, 0.15) is 12.3 Å². The van der Waals surface area contributed by atoms with Crippen LogP contribution >= 0.6 is 0 Å². The smallest absolute Gasteiger partial charge is 0.325 e. The molecule has 106 valence electrons. The van der Waals surface area contributed by atoms with Gasteiger partial charge in [0.05, 0.1) is 6.61 Å². The number of likely N-dealkylation sites (N-methyl/N-ethyl adjacent to an activating group) is 1. The minimum atomic E-state index is -0.446. The topological polar surface area (TPSA) is 79.3 Å². The molecule has 7 nitrogen and oxygen atoms in total. The van der Waals surface area contributed by atoms with Crippen LogP contribution in [-0.4, -0.2) is 60.1 Å². The van der Waals surface area contributed by atoms with Gasteiger partial charge in [0.15, 0.2) is 0 Å². The van der Waals surface area contributed by atoms with Gasteiger partial charge in [0.25, 0.3) is 5.91 Å². The van der Waals surface area contributed by atoms with E-state index in [9.17, 15) is 14.4 Å². The number of rotatable bonds is 5. The van der Waals surface area contributed by atoms with Crippen LogP contribution in [0.4, 0.5) is 0 Å². The lowest BCUT2D eigenvalue weighted by molar-refractivity contribution is -0.147. The molecule has 19 heavy (non-hydrogen) atoms. The first kappa shape index (κ1) is 15.1. The Bertz CT molecular complexity index is 406. The number of nitrogens with zero attached hydrogens (tertiary/aromatic N) is 3. The molecular weight excluding hydrogens is 250 g/mol. The molecule has 0 radical (unpaired) electrons. The van der Waals surface area contributed by atoms with Crippen molar-refractivity contribution in [3.63, 3.8) is 0 Å². The van der Waals surface area contributed by atoms with Crippen molar-refractivity contribution in [2.75, 3.05) is 26.7 Å². The average molecular weight is 269 g/mol. The minimum absolute atomic E-state index is 0.0974. The highest BCUT2D eigenvalue weighted by atomic mass is 16.5. The molecule has 7 heteroatoms. The zero-order valence-corrected chi connectivity index (χ0v) is 11.5. The molecule has 0 aromatic carbocycles. The monoisotopic (exact) mass is 269 g/mol. The Morgan fingerprint density at radius 3 is 2.58 bits per heavy atom. The van der Waals surface area contributed by atoms with Gasteiger partial charge in [-0.25, -0.2) is 5.01 Å². The number of esters is 1. The molecule has 0 bridgehead atoms. The molecule has 0 saturated heterocycles. The van der Waals surface area contributed by atoms with Crippen LogP contribution in [0.25, 0.3) is 0 Å². The number of hydrogen-bond donors (Lipinski definition) is 0. The maximum Gasteiger partial charge on any atom is 0.325 e. The van der Waals surface area contributed by atoms with Crippen molar-refractivity contribution in [3.8, 4) is 0 Å². The van der Waals surface area contributed by atoms with Crippen LogP contribution in [0.15, 0.2) is 5.10 Å². The van der Waals surface area contributed by atoms with Crippen molar-refractivity contribution >= 4 is 23.5 Å². The summed E-state index contributed by atoms with van der Waals surface area (Å²) >= 11 is 0. The van der Waals surface area contributed by atoms with Crippen molar-refractivity contribution in [2.45, 2.75) is 26.7 Å². The van der Waals surface area contributed by atoms with E-state index in [4.69, 9.17) is 4.74 Å². The van der Waals surface area contributed by atoms with E-state index in [1.165, 1.54) is 11.9 Å². The molecule has 0 atom stereocenters. The highest BCUT2D eigenvalue weighted by Gasteiger charge is 2.26. The van der Waals surface area contributed by atoms with Gasteiger partial charge in [0, 0.05) is 26.4 Å². The Balaban J connectivity index is 2.71. The molecule has 0 saturated carbocycles. The van der Waals surface area contributed by atoms with Crippen LogP contribution in [0, 0.1) is 0 Å². The zero-order chi connectivity index (χ0) is 14.4. The van der Waals surface area contributed by atoms with Crippen LogP contribution in [-0.2, 0) is 19.1 Å². The summed E-state index contributed by atoms with van der Waals surface area (Å²) in [5.41, 5.74) is 0.299. The van der Waals surface area contributed by atoms with E-state index in [2.05, 4.69) is 5.10 Å². The third-order valence-electron chi connectivity index (χ3n) is 2.75. The van der Waals surface area contributed by atoms with Crippen molar-refractivity contribution < 1.29 is 19.1 Å². The van der Waals surface area contributed by atoms with Gasteiger partial charge in [-0.1, -0.05) is 0 Å². The van der Waals surface area contributed by atoms with Crippen LogP contribution < -0.4 is 0 Å². The predicted octanol–water partition coefficient (Wildman–Crippen LogP) is 0.00620. The first-order valence-electron chi connectivity index (χ1n) is 6.28. The Morgan fingerprint density at radius 1 is 1.37 bits per heavy atom. The highest BCUT2D eigenvalue weighted by molar-refractivity contribution is 6.39. The Hall–Kier alpha value is -1.92. The maximum absolute atomic E-state index is 12.2. The fraction of sp³-hybridized carbons (Fsp3) is 0.667. The molecule has 0 spiro atoms. The molecular formula is C12H19N3O4. The summed E-state index contributed by atoms with van der Waals surface area (Å²) < 4.78 is 4.81. The fourth-order valence-electron chi connectivity index (χ4n) is 1.70. The second kappa shape index (κ2) is 6.86. The van der Waals surface area contributed by atoms with Crippen molar-refractivity contribution in [2.24, 2.45) is 5.10 Å². The van der Waals surface area contributed by atoms with Gasteiger partial charge < -0.3 is 9.64 Å². The zero-order valence-electron chi connectivity index (χ0n) is 11.5. The van der Waals surface area contributed by atoms with Gasteiger partial charge in [0.2, 0.25) is 5.91 Å². The van der Waals surface area contributed by atoms with Crippen LogP contribution in [0.2, 0.25) is 0 Å². The number of ether oxygens (including phenoxy) is 1. The number of amides is 2. The molecule has 1 heterocycles. The van der Waals surface area contributed by atoms with Crippen molar-refractivity contribution in [1.29, 1.82) is 0 Å². The van der Waals surface area contributed by atoms with Gasteiger partial charge >= 0.3 is 5.97 Å². The van der Waals surface area contributed by atoms with E-state index < -0.39 is 5.97 Å². The third kappa shape index (κ3) is 4.04. The second-order valence-electron chi connectivity index (χ2n) is 4.09. The normalized spacial score (nSPS) is 15.0. The summed E-state index contributed by atoms with van der Waals surface area (Å²) in [6.07, 6.45) is 0.569. The standard InChI is InChI=1S/C12H19N3O4/c1-4-15(8-11(17)19-5-2)12(18)9-6-7-10(16)14(3)13-9/h4-8H2,1-3H3. The lowest BCUT2D eigenvalue weighted by Crippen LogP contribution is -2.43. The molecule has 0 unspecified atom stereocenters. The molecule has 2 amide bonds.